The Morgan fingerprint density at radius 2 is 1.43 bits per heavy atom. The Kier molecular flexibility index (Phi) is 1.27. The lowest BCUT2D eigenvalue weighted by Gasteiger charge is -1.93. The van der Waals surface area contributed by atoms with Gasteiger partial charge in [-0.05, 0) is 13.8 Å². The van der Waals surface area contributed by atoms with Crippen LogP contribution in [0.3, 0.4) is 0 Å². The van der Waals surface area contributed by atoms with E-state index in [2.05, 4.69) is 9.78 Å². The molecular weight excluding hydrogens is 96.0 g/mol. The molecule has 0 aromatic heterocycles. The minimum Gasteiger partial charge on any atom is -0.318 e. The van der Waals surface area contributed by atoms with Crippen LogP contribution in [0.5, 0.6) is 0 Å². The molecule has 1 aliphatic rings. The maximum atomic E-state index is 4.92. The molecule has 2 atom stereocenters. The van der Waals surface area contributed by atoms with E-state index in [1.807, 2.05) is 0 Å². The first-order chi connectivity index (χ1) is 3.29. The Labute approximate surface area is 42.1 Å². The minimum absolute atomic E-state index is 0.199. The van der Waals surface area contributed by atoms with Crippen molar-refractivity contribution in [3.63, 3.8) is 0 Å². The minimum atomic E-state index is -0.199. The van der Waals surface area contributed by atoms with Crippen molar-refractivity contribution in [2.24, 2.45) is 0 Å². The van der Waals surface area contributed by atoms with Crippen molar-refractivity contribution in [3.8, 4) is 0 Å². The zero-order valence-electron chi connectivity index (χ0n) is 4.38. The van der Waals surface area contributed by atoms with Crippen LogP contribution >= 0.6 is 0 Å². The third kappa shape index (κ3) is 1.12. The van der Waals surface area contributed by atoms with Gasteiger partial charge in [0.15, 0.2) is 12.6 Å². The van der Waals surface area contributed by atoms with Crippen molar-refractivity contribution < 1.29 is 14.5 Å². The Morgan fingerprint density at radius 3 is 1.57 bits per heavy atom. The monoisotopic (exact) mass is 104 g/mol. The van der Waals surface area contributed by atoms with Gasteiger partial charge in [0.2, 0.25) is 0 Å². The topological polar surface area (TPSA) is 27.7 Å². The molecule has 0 N–H and O–H groups in total. The molecular formula is C4H8O3. The standard InChI is InChI=1S/C4H8O3/c1-3-5-4(2)7-6-3/h3-4H,1-2H3/t3-,4-/m0/s1. The van der Waals surface area contributed by atoms with Gasteiger partial charge < -0.3 is 4.74 Å². The molecule has 42 valence electrons. The van der Waals surface area contributed by atoms with Gasteiger partial charge in [-0.25, -0.2) is 9.78 Å². The average Bonchev–Trinajstić information content (AvgIpc) is 1.87. The summed E-state index contributed by atoms with van der Waals surface area (Å²) in [7, 11) is 0. The number of ether oxygens (including phenoxy) is 1. The zero-order chi connectivity index (χ0) is 5.28. The summed E-state index contributed by atoms with van der Waals surface area (Å²) in [5.41, 5.74) is 0. The van der Waals surface area contributed by atoms with Crippen LogP contribution in [0, 0.1) is 0 Å². The van der Waals surface area contributed by atoms with E-state index in [1.54, 1.807) is 13.8 Å². The lowest BCUT2D eigenvalue weighted by atomic mass is 10.7. The van der Waals surface area contributed by atoms with Crippen molar-refractivity contribution in [1.82, 2.24) is 0 Å². The van der Waals surface area contributed by atoms with E-state index in [0.717, 1.165) is 0 Å². The van der Waals surface area contributed by atoms with Crippen molar-refractivity contribution >= 4 is 0 Å². The summed E-state index contributed by atoms with van der Waals surface area (Å²) in [5, 5.41) is 0. The highest BCUT2D eigenvalue weighted by Gasteiger charge is 2.18. The van der Waals surface area contributed by atoms with Gasteiger partial charge in [0.05, 0.1) is 0 Å². The summed E-state index contributed by atoms with van der Waals surface area (Å²) < 4.78 is 4.92. The van der Waals surface area contributed by atoms with Gasteiger partial charge in [-0.2, -0.15) is 0 Å². The second-order valence-electron chi connectivity index (χ2n) is 1.46. The molecule has 1 aliphatic heterocycles. The van der Waals surface area contributed by atoms with Crippen LogP contribution in [0.15, 0.2) is 0 Å². The lowest BCUT2D eigenvalue weighted by molar-refractivity contribution is -0.290. The molecule has 1 fully saturated rings. The van der Waals surface area contributed by atoms with E-state index in [-0.39, 0.29) is 12.6 Å². The first-order valence-electron chi connectivity index (χ1n) is 2.26. The van der Waals surface area contributed by atoms with Crippen molar-refractivity contribution in [1.29, 1.82) is 0 Å². The van der Waals surface area contributed by atoms with Gasteiger partial charge in [-0.3, -0.25) is 0 Å². The fourth-order valence-corrected chi connectivity index (χ4v) is 0.472. The molecule has 0 amide bonds. The van der Waals surface area contributed by atoms with E-state index >= 15 is 0 Å². The third-order valence-corrected chi connectivity index (χ3v) is 0.710. The molecule has 7 heavy (non-hydrogen) atoms. The predicted octanol–water partition coefficient (Wildman–Crippen LogP) is 0.657. The predicted molar refractivity (Wildman–Crippen MR) is 22.2 cm³/mol. The largest absolute Gasteiger partial charge is 0.318 e. The van der Waals surface area contributed by atoms with Crippen LogP contribution in [-0.2, 0) is 14.5 Å². The Hall–Kier alpha value is -0.120. The van der Waals surface area contributed by atoms with Crippen molar-refractivity contribution in [2.75, 3.05) is 0 Å². The second kappa shape index (κ2) is 1.78. The number of hydrogen-bond donors (Lipinski definition) is 0. The Morgan fingerprint density at radius 1 is 1.00 bits per heavy atom. The highest BCUT2D eigenvalue weighted by Crippen LogP contribution is 2.10. The van der Waals surface area contributed by atoms with Gasteiger partial charge in [0, 0.05) is 0 Å². The normalized spacial score (nSPS) is 42.0. The van der Waals surface area contributed by atoms with E-state index in [4.69, 9.17) is 4.74 Å². The summed E-state index contributed by atoms with van der Waals surface area (Å²) in [6, 6.07) is 0. The second-order valence-corrected chi connectivity index (χ2v) is 1.46. The quantitative estimate of drug-likeness (QED) is 0.422. The lowest BCUT2D eigenvalue weighted by Crippen LogP contribution is -2.02. The highest BCUT2D eigenvalue weighted by molar-refractivity contribution is 4.34. The molecule has 3 nitrogen and oxygen atoms in total. The first kappa shape index (κ1) is 5.03. The summed E-state index contributed by atoms with van der Waals surface area (Å²) in [5.74, 6) is 0. The van der Waals surface area contributed by atoms with E-state index in [1.165, 1.54) is 0 Å². The van der Waals surface area contributed by atoms with Crippen LogP contribution in [0.2, 0.25) is 0 Å². The van der Waals surface area contributed by atoms with Gasteiger partial charge in [-0.1, -0.05) is 0 Å². The molecule has 0 aromatic rings. The molecule has 0 radical (unpaired) electrons. The van der Waals surface area contributed by atoms with Gasteiger partial charge >= 0.3 is 0 Å². The highest BCUT2D eigenvalue weighted by atomic mass is 17.3. The van der Waals surface area contributed by atoms with E-state index in [9.17, 15) is 0 Å². The maximum Gasteiger partial charge on any atom is 0.191 e. The molecule has 0 aliphatic carbocycles. The molecule has 0 aromatic carbocycles. The first-order valence-corrected chi connectivity index (χ1v) is 2.26. The zero-order valence-corrected chi connectivity index (χ0v) is 4.38. The smallest absolute Gasteiger partial charge is 0.191 e. The molecule has 0 unspecified atom stereocenters. The summed E-state index contributed by atoms with van der Waals surface area (Å²) >= 11 is 0. The Balaban J connectivity index is 2.26. The molecule has 0 bridgehead atoms. The van der Waals surface area contributed by atoms with Gasteiger partial charge in [0.1, 0.15) is 0 Å². The molecule has 1 saturated heterocycles. The molecule has 0 spiro atoms. The Bertz CT molecular complexity index is 56.0. The van der Waals surface area contributed by atoms with Crippen molar-refractivity contribution in [2.45, 2.75) is 26.4 Å². The third-order valence-electron chi connectivity index (χ3n) is 0.710. The van der Waals surface area contributed by atoms with Crippen LogP contribution in [0.1, 0.15) is 13.8 Å². The number of rotatable bonds is 0. The van der Waals surface area contributed by atoms with Crippen LogP contribution in [-0.4, -0.2) is 12.6 Å². The SMILES string of the molecule is C[C@@H]1OO[C@@H](C)O1. The maximum absolute atomic E-state index is 4.92. The molecule has 0 saturated carbocycles. The van der Waals surface area contributed by atoms with Crippen molar-refractivity contribution in [3.05, 3.63) is 0 Å². The van der Waals surface area contributed by atoms with Gasteiger partial charge in [0.25, 0.3) is 0 Å². The molecule has 1 heterocycles. The van der Waals surface area contributed by atoms with Crippen LogP contribution in [0.25, 0.3) is 0 Å². The average molecular weight is 104 g/mol. The fraction of sp³-hybridized carbons (Fsp3) is 1.00. The van der Waals surface area contributed by atoms with E-state index < -0.39 is 0 Å². The fourth-order valence-electron chi connectivity index (χ4n) is 0.472. The number of hydrogen-bond acceptors (Lipinski definition) is 3. The summed E-state index contributed by atoms with van der Waals surface area (Å²) in [6.07, 6.45) is -0.398. The summed E-state index contributed by atoms with van der Waals surface area (Å²) in [6.45, 7) is 3.56. The van der Waals surface area contributed by atoms with Crippen LogP contribution in [0.4, 0.5) is 0 Å². The van der Waals surface area contributed by atoms with E-state index in [0.29, 0.717) is 0 Å². The molecule has 1 rings (SSSR count). The summed E-state index contributed by atoms with van der Waals surface area (Å²) in [4.78, 5) is 9.09. The van der Waals surface area contributed by atoms with Gasteiger partial charge in [-0.15, -0.1) is 0 Å². The molecule has 3 heteroatoms. The van der Waals surface area contributed by atoms with Crippen LogP contribution < -0.4 is 0 Å².